The van der Waals surface area contributed by atoms with Crippen molar-refractivity contribution >= 4 is 33.0 Å². The molecule has 0 fully saturated rings. The van der Waals surface area contributed by atoms with Crippen LogP contribution >= 0.6 is 11.3 Å². The Morgan fingerprint density at radius 1 is 1.22 bits per heavy atom. The summed E-state index contributed by atoms with van der Waals surface area (Å²) in [7, 11) is -3.73. The van der Waals surface area contributed by atoms with Crippen LogP contribution in [0.15, 0.2) is 46.7 Å². The molecule has 0 aliphatic carbocycles. The number of carbonyl (C=O) groups is 1. The van der Waals surface area contributed by atoms with Crippen LogP contribution in [0.5, 0.6) is 0 Å². The van der Waals surface area contributed by atoms with E-state index in [-0.39, 0.29) is 9.77 Å². The Bertz CT molecular complexity index is 661. The van der Waals surface area contributed by atoms with Crippen LogP contribution in [0.3, 0.4) is 0 Å². The summed E-state index contributed by atoms with van der Waals surface area (Å²) in [6.07, 6.45) is 0. The predicted octanol–water partition coefficient (Wildman–Crippen LogP) is 2.25. The van der Waals surface area contributed by atoms with Crippen molar-refractivity contribution in [2.45, 2.75) is 4.90 Å². The minimum atomic E-state index is -3.73. The van der Waals surface area contributed by atoms with E-state index in [0.717, 1.165) is 17.4 Å². The summed E-state index contributed by atoms with van der Waals surface area (Å²) >= 11 is 0.876. The van der Waals surface area contributed by atoms with Crippen molar-refractivity contribution in [2.24, 2.45) is 0 Å². The molecular weight excluding hydrogens is 274 g/mol. The number of thiophene rings is 1. The van der Waals surface area contributed by atoms with Crippen molar-refractivity contribution in [1.82, 2.24) is 0 Å². The second-order valence-electron chi connectivity index (χ2n) is 3.42. The number of carboxylic acids is 1. The summed E-state index contributed by atoms with van der Waals surface area (Å²) in [6, 6.07) is 9.54. The monoisotopic (exact) mass is 283 g/mol. The van der Waals surface area contributed by atoms with Gasteiger partial charge in [0.1, 0.15) is 4.88 Å². The lowest BCUT2D eigenvalue weighted by Gasteiger charge is -2.05. The highest BCUT2D eigenvalue weighted by Crippen LogP contribution is 2.21. The fourth-order valence-corrected chi connectivity index (χ4v) is 3.46. The SMILES string of the molecule is O=C(O)c1cc(S(=O)(=O)Nc2ccccc2)cs1. The van der Waals surface area contributed by atoms with Gasteiger partial charge < -0.3 is 5.11 Å². The van der Waals surface area contributed by atoms with E-state index >= 15 is 0 Å². The number of carboxylic acid groups (broad SMARTS) is 1. The first kappa shape index (κ1) is 12.6. The second kappa shape index (κ2) is 4.79. The Hall–Kier alpha value is -1.86. The van der Waals surface area contributed by atoms with Crippen LogP contribution in [0.1, 0.15) is 9.67 Å². The number of para-hydroxylation sites is 1. The van der Waals surface area contributed by atoms with Gasteiger partial charge in [-0.3, -0.25) is 4.72 Å². The van der Waals surface area contributed by atoms with Crippen LogP contribution in [0.25, 0.3) is 0 Å². The van der Waals surface area contributed by atoms with Gasteiger partial charge in [0.25, 0.3) is 10.0 Å². The van der Waals surface area contributed by atoms with Gasteiger partial charge in [-0.05, 0) is 18.2 Å². The first-order chi connectivity index (χ1) is 8.49. The summed E-state index contributed by atoms with van der Waals surface area (Å²) in [5.41, 5.74) is 0.431. The van der Waals surface area contributed by atoms with Crippen LogP contribution in [0.4, 0.5) is 5.69 Å². The maximum atomic E-state index is 11.9. The number of benzene rings is 1. The molecule has 0 bridgehead atoms. The summed E-state index contributed by atoms with van der Waals surface area (Å²) in [6.45, 7) is 0. The Kier molecular flexibility index (Phi) is 3.35. The van der Waals surface area contributed by atoms with Gasteiger partial charge in [0.05, 0.1) is 4.90 Å². The van der Waals surface area contributed by atoms with E-state index < -0.39 is 16.0 Å². The smallest absolute Gasteiger partial charge is 0.345 e. The molecule has 0 amide bonds. The predicted molar refractivity (Wildman–Crippen MR) is 68.5 cm³/mol. The van der Waals surface area contributed by atoms with Gasteiger partial charge in [0.2, 0.25) is 0 Å². The molecule has 0 atom stereocenters. The molecule has 94 valence electrons. The number of hydrogen-bond donors (Lipinski definition) is 2. The van der Waals surface area contributed by atoms with Crippen molar-refractivity contribution in [2.75, 3.05) is 4.72 Å². The van der Waals surface area contributed by atoms with Gasteiger partial charge >= 0.3 is 5.97 Å². The highest BCUT2D eigenvalue weighted by Gasteiger charge is 2.18. The van der Waals surface area contributed by atoms with E-state index in [1.165, 1.54) is 5.38 Å². The van der Waals surface area contributed by atoms with Crippen molar-refractivity contribution in [3.8, 4) is 0 Å². The number of nitrogens with one attached hydrogen (secondary N) is 1. The lowest BCUT2D eigenvalue weighted by molar-refractivity contribution is 0.0702. The third-order valence-corrected chi connectivity index (χ3v) is 4.55. The van der Waals surface area contributed by atoms with Gasteiger partial charge in [-0.1, -0.05) is 18.2 Å². The lowest BCUT2D eigenvalue weighted by Crippen LogP contribution is -2.12. The highest BCUT2D eigenvalue weighted by molar-refractivity contribution is 7.92. The minimum Gasteiger partial charge on any atom is -0.477 e. The molecule has 5 nitrogen and oxygen atoms in total. The number of hydrogen-bond acceptors (Lipinski definition) is 4. The fourth-order valence-electron chi connectivity index (χ4n) is 1.29. The van der Waals surface area contributed by atoms with Gasteiger partial charge in [0, 0.05) is 11.1 Å². The standard InChI is InChI=1S/C11H9NO4S2/c13-11(14)10-6-9(7-17-10)18(15,16)12-8-4-2-1-3-5-8/h1-7,12H,(H,13,14). The molecule has 0 spiro atoms. The summed E-state index contributed by atoms with van der Waals surface area (Å²) in [4.78, 5) is 10.6. The molecule has 2 aromatic rings. The Labute approximate surface area is 108 Å². The Morgan fingerprint density at radius 2 is 1.89 bits per heavy atom. The fraction of sp³-hybridized carbons (Fsp3) is 0. The number of sulfonamides is 1. The molecule has 2 rings (SSSR count). The molecular formula is C11H9NO4S2. The highest BCUT2D eigenvalue weighted by atomic mass is 32.2. The number of rotatable bonds is 4. The third kappa shape index (κ3) is 2.69. The Balaban J connectivity index is 2.28. The zero-order valence-corrected chi connectivity index (χ0v) is 10.7. The molecule has 1 heterocycles. The quantitative estimate of drug-likeness (QED) is 0.901. The van der Waals surface area contributed by atoms with Crippen LogP contribution < -0.4 is 4.72 Å². The minimum absolute atomic E-state index is 0.0107. The van der Waals surface area contributed by atoms with Gasteiger partial charge in [-0.2, -0.15) is 0 Å². The zero-order chi connectivity index (χ0) is 13.2. The summed E-state index contributed by atoms with van der Waals surface area (Å²) in [5.74, 6) is -1.14. The number of anilines is 1. The van der Waals surface area contributed by atoms with Crippen LogP contribution in [-0.2, 0) is 10.0 Å². The van der Waals surface area contributed by atoms with Crippen LogP contribution in [-0.4, -0.2) is 19.5 Å². The van der Waals surface area contributed by atoms with Crippen molar-refractivity contribution in [3.63, 3.8) is 0 Å². The van der Waals surface area contributed by atoms with Gasteiger partial charge in [0.15, 0.2) is 0 Å². The molecule has 1 aromatic heterocycles. The Morgan fingerprint density at radius 3 is 2.44 bits per heavy atom. The molecule has 2 N–H and O–H groups in total. The van der Waals surface area contributed by atoms with E-state index in [2.05, 4.69) is 4.72 Å². The normalized spacial score (nSPS) is 11.1. The topological polar surface area (TPSA) is 83.5 Å². The second-order valence-corrected chi connectivity index (χ2v) is 6.02. The van der Waals surface area contributed by atoms with Crippen molar-refractivity contribution in [3.05, 3.63) is 46.7 Å². The largest absolute Gasteiger partial charge is 0.477 e. The zero-order valence-electron chi connectivity index (χ0n) is 9.03. The van der Waals surface area contributed by atoms with Crippen molar-refractivity contribution < 1.29 is 18.3 Å². The maximum Gasteiger partial charge on any atom is 0.345 e. The van der Waals surface area contributed by atoms with E-state index in [1.54, 1.807) is 30.3 Å². The van der Waals surface area contributed by atoms with E-state index in [0.29, 0.717) is 5.69 Å². The molecule has 1 aromatic carbocycles. The summed E-state index contributed by atoms with van der Waals surface area (Å²) in [5, 5.41) is 10.0. The van der Waals surface area contributed by atoms with Crippen LogP contribution in [0, 0.1) is 0 Å². The third-order valence-electron chi connectivity index (χ3n) is 2.12. The molecule has 0 aliphatic heterocycles. The molecule has 7 heteroatoms. The first-order valence-electron chi connectivity index (χ1n) is 4.89. The molecule has 0 unspecified atom stereocenters. The number of aromatic carboxylic acids is 1. The van der Waals surface area contributed by atoms with E-state index in [9.17, 15) is 13.2 Å². The van der Waals surface area contributed by atoms with Gasteiger partial charge in [-0.25, -0.2) is 13.2 Å². The maximum absolute atomic E-state index is 11.9. The van der Waals surface area contributed by atoms with Crippen molar-refractivity contribution in [1.29, 1.82) is 0 Å². The van der Waals surface area contributed by atoms with Crippen LogP contribution in [0.2, 0.25) is 0 Å². The lowest BCUT2D eigenvalue weighted by atomic mass is 10.3. The molecule has 18 heavy (non-hydrogen) atoms. The molecule has 0 saturated heterocycles. The molecule has 0 radical (unpaired) electrons. The average molecular weight is 283 g/mol. The summed E-state index contributed by atoms with van der Waals surface area (Å²) < 4.78 is 26.3. The molecule has 0 aliphatic rings. The van der Waals surface area contributed by atoms with E-state index in [4.69, 9.17) is 5.11 Å². The average Bonchev–Trinajstić information content (AvgIpc) is 2.79. The van der Waals surface area contributed by atoms with E-state index in [1.807, 2.05) is 0 Å². The molecule has 0 saturated carbocycles. The van der Waals surface area contributed by atoms with Gasteiger partial charge in [-0.15, -0.1) is 11.3 Å². The first-order valence-corrected chi connectivity index (χ1v) is 7.25.